The van der Waals surface area contributed by atoms with E-state index < -0.39 is 0 Å². The number of thioether (sulfide) groups is 1. The van der Waals surface area contributed by atoms with Gasteiger partial charge < -0.3 is 9.88 Å². The first-order valence-corrected chi connectivity index (χ1v) is 8.71. The van der Waals surface area contributed by atoms with Crippen molar-refractivity contribution < 1.29 is 0 Å². The molecule has 0 bridgehead atoms. The van der Waals surface area contributed by atoms with Crippen LogP contribution in [0.25, 0.3) is 10.9 Å². The molecule has 0 saturated carbocycles. The maximum atomic E-state index is 3.40. The first-order chi connectivity index (χ1) is 9.69. The van der Waals surface area contributed by atoms with Crippen LogP contribution in [0.15, 0.2) is 18.2 Å². The summed E-state index contributed by atoms with van der Waals surface area (Å²) in [7, 11) is 0. The number of nitrogens with zero attached hydrogens (tertiary/aromatic N) is 1. The summed E-state index contributed by atoms with van der Waals surface area (Å²) in [6.07, 6.45) is 0. The smallest absolute Gasteiger partial charge is 0.0485 e. The Balaban J connectivity index is 2.32. The molecule has 1 aromatic carbocycles. The molecular formula is C17H26N2S. The Morgan fingerprint density at radius 1 is 1.20 bits per heavy atom. The fourth-order valence-electron chi connectivity index (χ4n) is 2.66. The van der Waals surface area contributed by atoms with E-state index in [1.54, 1.807) is 0 Å². The number of aromatic nitrogens is 1. The second-order valence-electron chi connectivity index (χ2n) is 5.19. The molecule has 0 aliphatic carbocycles. The highest BCUT2D eigenvalue weighted by Crippen LogP contribution is 2.26. The summed E-state index contributed by atoms with van der Waals surface area (Å²) in [6.45, 7) is 12.0. The minimum Gasteiger partial charge on any atom is -0.344 e. The van der Waals surface area contributed by atoms with Crippen molar-refractivity contribution in [3.63, 3.8) is 0 Å². The van der Waals surface area contributed by atoms with Crippen LogP contribution in [-0.2, 0) is 13.1 Å². The molecule has 1 N–H and O–H groups in total. The molecule has 2 rings (SSSR count). The van der Waals surface area contributed by atoms with Crippen LogP contribution in [-0.4, -0.2) is 22.6 Å². The van der Waals surface area contributed by atoms with E-state index in [9.17, 15) is 0 Å². The number of rotatable bonds is 7. The molecule has 0 unspecified atom stereocenters. The Labute approximate surface area is 126 Å². The highest BCUT2D eigenvalue weighted by Gasteiger charge is 2.11. The lowest BCUT2D eigenvalue weighted by atomic mass is 10.1. The van der Waals surface area contributed by atoms with Gasteiger partial charge in [0.1, 0.15) is 0 Å². The molecule has 0 atom stereocenters. The van der Waals surface area contributed by atoms with Gasteiger partial charge in [0.15, 0.2) is 0 Å². The third-order valence-electron chi connectivity index (χ3n) is 3.95. The summed E-state index contributed by atoms with van der Waals surface area (Å²) < 4.78 is 2.48. The third-order valence-corrected chi connectivity index (χ3v) is 4.83. The van der Waals surface area contributed by atoms with Gasteiger partial charge in [0.05, 0.1) is 0 Å². The van der Waals surface area contributed by atoms with Gasteiger partial charge in [0.2, 0.25) is 0 Å². The maximum Gasteiger partial charge on any atom is 0.0485 e. The molecule has 0 fully saturated rings. The molecule has 3 heteroatoms. The van der Waals surface area contributed by atoms with E-state index >= 15 is 0 Å². The lowest BCUT2D eigenvalue weighted by molar-refractivity contribution is 0.727. The molecule has 0 amide bonds. The molecule has 2 aromatic rings. The summed E-state index contributed by atoms with van der Waals surface area (Å²) in [6, 6.07) is 6.90. The van der Waals surface area contributed by atoms with E-state index in [0.29, 0.717) is 0 Å². The maximum absolute atomic E-state index is 3.40. The van der Waals surface area contributed by atoms with Crippen molar-refractivity contribution >= 4 is 22.7 Å². The minimum absolute atomic E-state index is 0.960. The van der Waals surface area contributed by atoms with Gasteiger partial charge in [-0.05, 0) is 49.4 Å². The lowest BCUT2D eigenvalue weighted by Gasteiger charge is -2.08. The molecule has 110 valence electrons. The molecular weight excluding hydrogens is 264 g/mol. The quantitative estimate of drug-likeness (QED) is 0.773. The van der Waals surface area contributed by atoms with E-state index in [4.69, 9.17) is 0 Å². The standard InChI is InChI=1S/C17H26N2S/c1-5-18-12-15-7-8-17-16(11-15)13(3)14(4)19(17)9-10-20-6-2/h7-8,11,18H,5-6,9-10,12H2,1-4H3. The Bertz CT molecular complexity index is 572. The van der Waals surface area contributed by atoms with Gasteiger partial charge in [0.25, 0.3) is 0 Å². The van der Waals surface area contributed by atoms with E-state index in [-0.39, 0.29) is 0 Å². The van der Waals surface area contributed by atoms with Crippen molar-refractivity contribution in [1.82, 2.24) is 9.88 Å². The Kier molecular flexibility index (Phi) is 5.55. The van der Waals surface area contributed by atoms with Crippen LogP contribution >= 0.6 is 11.8 Å². The molecule has 0 aliphatic heterocycles. The number of nitrogens with one attached hydrogen (secondary N) is 1. The predicted molar refractivity (Wildman–Crippen MR) is 91.8 cm³/mol. The van der Waals surface area contributed by atoms with Gasteiger partial charge in [-0.3, -0.25) is 0 Å². The van der Waals surface area contributed by atoms with Gasteiger partial charge in [-0.15, -0.1) is 0 Å². The van der Waals surface area contributed by atoms with Crippen LogP contribution in [0.1, 0.15) is 30.7 Å². The monoisotopic (exact) mass is 290 g/mol. The van der Waals surface area contributed by atoms with Crippen molar-refractivity contribution in [3.8, 4) is 0 Å². The summed E-state index contributed by atoms with van der Waals surface area (Å²) in [5.41, 5.74) is 5.61. The van der Waals surface area contributed by atoms with Gasteiger partial charge in [-0.2, -0.15) is 11.8 Å². The first-order valence-electron chi connectivity index (χ1n) is 7.55. The average Bonchev–Trinajstić information content (AvgIpc) is 2.70. The van der Waals surface area contributed by atoms with Crippen molar-refractivity contribution in [2.75, 3.05) is 18.1 Å². The summed E-state index contributed by atoms with van der Waals surface area (Å²) in [5.74, 6) is 2.39. The average molecular weight is 290 g/mol. The zero-order valence-corrected chi connectivity index (χ0v) is 13.9. The van der Waals surface area contributed by atoms with Crippen LogP contribution in [0.4, 0.5) is 0 Å². The van der Waals surface area contributed by atoms with Crippen LogP contribution in [0.2, 0.25) is 0 Å². The van der Waals surface area contributed by atoms with Crippen LogP contribution in [0, 0.1) is 13.8 Å². The van der Waals surface area contributed by atoms with E-state index in [0.717, 1.165) is 19.6 Å². The van der Waals surface area contributed by atoms with Crippen LogP contribution < -0.4 is 5.32 Å². The van der Waals surface area contributed by atoms with Gasteiger partial charge in [-0.1, -0.05) is 19.9 Å². The number of hydrogen-bond acceptors (Lipinski definition) is 2. The molecule has 1 aromatic heterocycles. The molecule has 2 nitrogen and oxygen atoms in total. The van der Waals surface area contributed by atoms with Gasteiger partial charge >= 0.3 is 0 Å². The molecule has 0 saturated heterocycles. The topological polar surface area (TPSA) is 17.0 Å². The lowest BCUT2D eigenvalue weighted by Crippen LogP contribution is -2.11. The number of fused-ring (bicyclic) bond motifs is 1. The number of benzene rings is 1. The summed E-state index contributed by atoms with van der Waals surface area (Å²) >= 11 is 2.01. The Morgan fingerprint density at radius 3 is 2.70 bits per heavy atom. The van der Waals surface area contributed by atoms with E-state index in [2.05, 4.69) is 55.8 Å². The molecule has 0 aliphatic rings. The third kappa shape index (κ3) is 3.21. The summed E-state index contributed by atoms with van der Waals surface area (Å²) in [5, 5.41) is 4.82. The zero-order valence-electron chi connectivity index (χ0n) is 13.1. The summed E-state index contributed by atoms with van der Waals surface area (Å²) in [4.78, 5) is 0. The van der Waals surface area contributed by atoms with Gasteiger partial charge in [0, 0.05) is 35.4 Å². The molecule has 0 radical (unpaired) electrons. The molecule has 0 spiro atoms. The Hall–Kier alpha value is -0.930. The van der Waals surface area contributed by atoms with Crippen molar-refractivity contribution in [2.24, 2.45) is 0 Å². The van der Waals surface area contributed by atoms with Gasteiger partial charge in [-0.25, -0.2) is 0 Å². The number of aryl methyl sites for hydroxylation is 2. The SMILES string of the molecule is CCNCc1ccc2c(c1)c(C)c(C)n2CCSCC. The second-order valence-corrected chi connectivity index (χ2v) is 6.58. The highest BCUT2D eigenvalue weighted by atomic mass is 32.2. The normalized spacial score (nSPS) is 11.4. The van der Waals surface area contributed by atoms with E-state index in [1.165, 1.54) is 39.2 Å². The van der Waals surface area contributed by atoms with Crippen molar-refractivity contribution in [1.29, 1.82) is 0 Å². The number of hydrogen-bond donors (Lipinski definition) is 1. The first kappa shape index (κ1) is 15.5. The van der Waals surface area contributed by atoms with Crippen LogP contribution in [0.3, 0.4) is 0 Å². The predicted octanol–water partition coefficient (Wildman–Crippen LogP) is 4.12. The fourth-order valence-corrected chi connectivity index (χ4v) is 3.26. The minimum atomic E-state index is 0.960. The van der Waals surface area contributed by atoms with Crippen molar-refractivity contribution in [3.05, 3.63) is 35.0 Å². The second kappa shape index (κ2) is 7.19. The molecule has 1 heterocycles. The Morgan fingerprint density at radius 2 is 2.00 bits per heavy atom. The fraction of sp³-hybridized carbons (Fsp3) is 0.529. The van der Waals surface area contributed by atoms with Crippen molar-refractivity contribution in [2.45, 2.75) is 40.8 Å². The zero-order chi connectivity index (χ0) is 14.5. The largest absolute Gasteiger partial charge is 0.344 e. The molecule has 20 heavy (non-hydrogen) atoms. The van der Waals surface area contributed by atoms with Crippen LogP contribution in [0.5, 0.6) is 0 Å². The highest BCUT2D eigenvalue weighted by molar-refractivity contribution is 7.99. The van der Waals surface area contributed by atoms with E-state index in [1.807, 2.05) is 11.8 Å².